The summed E-state index contributed by atoms with van der Waals surface area (Å²) < 4.78 is 4.95. The van der Waals surface area contributed by atoms with Gasteiger partial charge in [0.15, 0.2) is 0 Å². The second-order valence-corrected chi connectivity index (χ2v) is 5.16. The molecule has 1 atom stereocenters. The summed E-state index contributed by atoms with van der Waals surface area (Å²) in [6.45, 7) is 6.87. The van der Waals surface area contributed by atoms with Crippen LogP contribution in [0.3, 0.4) is 0 Å². The topological polar surface area (TPSA) is 64.6 Å². The van der Waals surface area contributed by atoms with Gasteiger partial charge in [0.25, 0.3) is 0 Å². The molecule has 0 aliphatic heterocycles. The van der Waals surface area contributed by atoms with Gasteiger partial charge in [0.2, 0.25) is 0 Å². The minimum Gasteiger partial charge on any atom is -0.442 e. The molecule has 0 aromatic heterocycles. The highest BCUT2D eigenvalue weighted by Gasteiger charge is 2.20. The van der Waals surface area contributed by atoms with Gasteiger partial charge in [-0.25, -0.2) is 9.59 Å². The molecule has 0 aliphatic rings. The van der Waals surface area contributed by atoms with Crippen molar-refractivity contribution in [2.75, 3.05) is 0 Å². The average molecular weight is 265 g/mol. The summed E-state index contributed by atoms with van der Waals surface area (Å²) in [6, 6.07) is 9.17. The zero-order chi connectivity index (χ0) is 14.5. The molecule has 0 fully saturated rings. The Labute approximate surface area is 112 Å². The first-order valence-corrected chi connectivity index (χ1v) is 6.04. The number of hydroxylamine groups is 1. The maximum atomic E-state index is 11.7. The molecule has 19 heavy (non-hydrogen) atoms. The lowest BCUT2D eigenvalue weighted by Crippen LogP contribution is -2.34. The summed E-state index contributed by atoms with van der Waals surface area (Å²) in [5.41, 5.74) is 2.16. The lowest BCUT2D eigenvalue weighted by atomic mass is 10.0. The molecule has 5 nitrogen and oxygen atoms in total. The number of rotatable bonds is 2. The Morgan fingerprint density at radius 3 is 2.26 bits per heavy atom. The summed E-state index contributed by atoms with van der Waals surface area (Å²) in [5.74, 6) is -1.01. The van der Waals surface area contributed by atoms with Gasteiger partial charge < -0.3 is 9.57 Å². The van der Waals surface area contributed by atoms with E-state index in [9.17, 15) is 9.59 Å². The number of hydrogen-bond donors (Lipinski definition) is 1. The summed E-state index contributed by atoms with van der Waals surface area (Å²) in [6.07, 6.45) is -0.791. The van der Waals surface area contributed by atoms with Crippen LogP contribution in [0.25, 0.3) is 0 Å². The Balaban J connectivity index is 2.46. The summed E-state index contributed by atoms with van der Waals surface area (Å²) >= 11 is 0. The van der Waals surface area contributed by atoms with E-state index >= 15 is 0 Å². The number of nitrogens with one attached hydrogen (secondary N) is 1. The van der Waals surface area contributed by atoms with Crippen LogP contribution in [-0.2, 0) is 14.4 Å². The van der Waals surface area contributed by atoms with Crippen LogP contribution in [0.15, 0.2) is 30.3 Å². The standard InChI is InChI=1S/C14H19NO4/c1-10(11-8-6-5-7-9-11)12(16)19-15-13(17)18-14(2,3)4/h5-10H,1-4H3,(H,15,17)/t10-/m1/s1. The molecule has 0 aliphatic carbocycles. The molecule has 0 spiro atoms. The lowest BCUT2D eigenvalue weighted by Gasteiger charge is -2.19. The van der Waals surface area contributed by atoms with Gasteiger partial charge in [-0.05, 0) is 33.3 Å². The smallest absolute Gasteiger partial charge is 0.441 e. The second kappa shape index (κ2) is 6.22. The number of carbonyl (C=O) groups is 2. The Morgan fingerprint density at radius 2 is 1.74 bits per heavy atom. The van der Waals surface area contributed by atoms with Crippen LogP contribution in [0.2, 0.25) is 0 Å². The minimum atomic E-state index is -0.791. The van der Waals surface area contributed by atoms with Crippen LogP contribution >= 0.6 is 0 Å². The van der Waals surface area contributed by atoms with Gasteiger partial charge in [0.05, 0.1) is 5.92 Å². The van der Waals surface area contributed by atoms with E-state index in [1.807, 2.05) is 35.8 Å². The van der Waals surface area contributed by atoms with Gasteiger partial charge in [-0.3, -0.25) is 0 Å². The van der Waals surface area contributed by atoms with Crippen molar-refractivity contribution >= 4 is 12.1 Å². The first-order chi connectivity index (χ1) is 8.79. The molecule has 104 valence electrons. The molecule has 5 heteroatoms. The van der Waals surface area contributed by atoms with Gasteiger partial charge in [-0.15, -0.1) is 5.48 Å². The van der Waals surface area contributed by atoms with E-state index in [1.165, 1.54) is 0 Å². The zero-order valence-electron chi connectivity index (χ0n) is 11.6. The lowest BCUT2D eigenvalue weighted by molar-refractivity contribution is -0.152. The normalized spacial score (nSPS) is 12.4. The van der Waals surface area contributed by atoms with Crippen molar-refractivity contribution in [2.24, 2.45) is 0 Å². The van der Waals surface area contributed by atoms with Crippen molar-refractivity contribution in [3.63, 3.8) is 0 Å². The molecule has 1 N–H and O–H groups in total. The van der Waals surface area contributed by atoms with E-state index in [2.05, 4.69) is 0 Å². The first kappa shape index (κ1) is 15.0. The largest absolute Gasteiger partial charge is 0.442 e. The first-order valence-electron chi connectivity index (χ1n) is 6.04. The predicted molar refractivity (Wildman–Crippen MR) is 70.3 cm³/mol. The molecule has 0 radical (unpaired) electrons. The third-order valence-electron chi connectivity index (χ3n) is 2.29. The van der Waals surface area contributed by atoms with Crippen molar-refractivity contribution in [3.05, 3.63) is 35.9 Å². The van der Waals surface area contributed by atoms with Crippen LogP contribution in [0.4, 0.5) is 4.79 Å². The molecule has 1 aromatic carbocycles. The van der Waals surface area contributed by atoms with Crippen molar-refractivity contribution in [1.82, 2.24) is 5.48 Å². The molecule has 1 amide bonds. The second-order valence-electron chi connectivity index (χ2n) is 5.16. The number of ether oxygens (including phenoxy) is 1. The molecular formula is C14H19NO4. The highest BCUT2D eigenvalue weighted by atomic mass is 16.7. The average Bonchev–Trinajstić information content (AvgIpc) is 2.34. The van der Waals surface area contributed by atoms with E-state index in [-0.39, 0.29) is 0 Å². The summed E-state index contributed by atoms with van der Waals surface area (Å²) in [7, 11) is 0. The molecular weight excluding hydrogens is 246 g/mol. The fraction of sp³-hybridized carbons (Fsp3) is 0.429. The maximum Gasteiger partial charge on any atom is 0.441 e. The van der Waals surface area contributed by atoms with E-state index in [4.69, 9.17) is 9.57 Å². The Hall–Kier alpha value is -2.04. The van der Waals surface area contributed by atoms with Crippen molar-refractivity contribution in [3.8, 4) is 0 Å². The van der Waals surface area contributed by atoms with E-state index < -0.39 is 23.6 Å². The quantitative estimate of drug-likeness (QED) is 0.835. The Kier molecular flexibility index (Phi) is 4.92. The molecule has 0 heterocycles. The molecule has 0 saturated carbocycles. The van der Waals surface area contributed by atoms with E-state index in [0.717, 1.165) is 5.56 Å². The molecule has 0 unspecified atom stereocenters. The molecule has 0 bridgehead atoms. The van der Waals surface area contributed by atoms with Gasteiger partial charge in [0.1, 0.15) is 5.60 Å². The number of benzene rings is 1. The molecule has 1 aromatic rings. The number of hydrogen-bond acceptors (Lipinski definition) is 4. The molecule has 1 rings (SSSR count). The third kappa shape index (κ3) is 5.42. The third-order valence-corrected chi connectivity index (χ3v) is 2.29. The van der Waals surface area contributed by atoms with Crippen molar-refractivity contribution in [2.45, 2.75) is 39.2 Å². The van der Waals surface area contributed by atoms with Crippen LogP contribution < -0.4 is 5.48 Å². The maximum absolute atomic E-state index is 11.7. The van der Waals surface area contributed by atoms with Crippen LogP contribution in [0, 0.1) is 0 Å². The fourth-order valence-corrected chi connectivity index (χ4v) is 1.36. The van der Waals surface area contributed by atoms with Crippen molar-refractivity contribution in [1.29, 1.82) is 0 Å². The summed E-state index contributed by atoms with van der Waals surface area (Å²) in [4.78, 5) is 27.7. The molecule has 0 saturated heterocycles. The monoisotopic (exact) mass is 265 g/mol. The minimum absolute atomic E-state index is 0.462. The van der Waals surface area contributed by atoms with Gasteiger partial charge in [-0.2, -0.15) is 0 Å². The SMILES string of the molecule is C[C@@H](C(=O)ONC(=O)OC(C)(C)C)c1ccccc1. The highest BCUT2D eigenvalue weighted by Crippen LogP contribution is 2.15. The predicted octanol–water partition coefficient (Wildman–Crippen LogP) is 2.77. The number of carbonyl (C=O) groups excluding carboxylic acids is 2. The fourth-order valence-electron chi connectivity index (χ4n) is 1.36. The Morgan fingerprint density at radius 1 is 1.16 bits per heavy atom. The van der Waals surface area contributed by atoms with Gasteiger partial charge in [-0.1, -0.05) is 30.3 Å². The van der Waals surface area contributed by atoms with E-state index in [1.54, 1.807) is 27.7 Å². The summed E-state index contributed by atoms with van der Waals surface area (Å²) in [5, 5.41) is 0. The van der Waals surface area contributed by atoms with E-state index in [0.29, 0.717) is 0 Å². The van der Waals surface area contributed by atoms with Gasteiger partial charge in [0, 0.05) is 0 Å². The van der Waals surface area contributed by atoms with Crippen LogP contribution in [-0.4, -0.2) is 17.7 Å². The zero-order valence-corrected chi connectivity index (χ0v) is 11.6. The van der Waals surface area contributed by atoms with Crippen LogP contribution in [0.1, 0.15) is 39.2 Å². The van der Waals surface area contributed by atoms with Crippen LogP contribution in [0.5, 0.6) is 0 Å². The Bertz CT molecular complexity index is 437. The van der Waals surface area contributed by atoms with Crippen molar-refractivity contribution < 1.29 is 19.2 Å². The van der Waals surface area contributed by atoms with Gasteiger partial charge >= 0.3 is 12.1 Å². The highest BCUT2D eigenvalue weighted by molar-refractivity contribution is 5.79. The number of amides is 1.